The molecule has 0 saturated heterocycles. The summed E-state index contributed by atoms with van der Waals surface area (Å²) >= 11 is 8.19. The molecule has 2 aromatic rings. The standard InChI is InChI=1S/C24H28N2O6S2/c1-3-31-23(29)19(13-33)25-21(27)17-9-5-15(6-10-17)16-7-11-18(12-8-16)22(28)26-20(14-34)24(30)32-4-2/h5-12,19-20,33-34H,3-4,13-14H2,1-2H3,(H,25,27)(H,26,28). The van der Waals surface area contributed by atoms with Crippen LogP contribution in [0.1, 0.15) is 34.6 Å². The van der Waals surface area contributed by atoms with Crippen molar-refractivity contribution in [3.8, 4) is 11.1 Å². The number of benzene rings is 2. The van der Waals surface area contributed by atoms with Gasteiger partial charge in [0.2, 0.25) is 0 Å². The maximum absolute atomic E-state index is 12.5. The van der Waals surface area contributed by atoms with Crippen LogP contribution in [0.4, 0.5) is 0 Å². The summed E-state index contributed by atoms with van der Waals surface area (Å²) in [6, 6.07) is 12.0. The second-order valence-corrected chi connectivity index (χ2v) is 7.81. The van der Waals surface area contributed by atoms with Crippen LogP contribution in [0.25, 0.3) is 11.1 Å². The molecule has 2 amide bonds. The predicted octanol–water partition coefficient (Wildman–Crippen LogP) is 2.54. The molecule has 2 atom stereocenters. The lowest BCUT2D eigenvalue weighted by molar-refractivity contribution is -0.145. The first-order valence-electron chi connectivity index (χ1n) is 10.7. The average Bonchev–Trinajstić information content (AvgIpc) is 2.85. The van der Waals surface area contributed by atoms with Crippen molar-refractivity contribution in [3.05, 3.63) is 59.7 Å². The summed E-state index contributed by atoms with van der Waals surface area (Å²) in [5.41, 5.74) is 2.43. The van der Waals surface area contributed by atoms with E-state index in [1.54, 1.807) is 62.4 Å². The van der Waals surface area contributed by atoms with Crippen molar-refractivity contribution >= 4 is 49.0 Å². The Kier molecular flexibility index (Phi) is 11.0. The quantitative estimate of drug-likeness (QED) is 0.277. The Balaban J connectivity index is 2.04. The van der Waals surface area contributed by atoms with E-state index in [0.717, 1.165) is 11.1 Å². The molecule has 2 aromatic carbocycles. The third-order valence-corrected chi connectivity index (χ3v) is 5.48. The van der Waals surface area contributed by atoms with Crippen LogP contribution in [0, 0.1) is 0 Å². The maximum atomic E-state index is 12.5. The number of thiol groups is 2. The van der Waals surface area contributed by atoms with Gasteiger partial charge in [0.25, 0.3) is 11.8 Å². The van der Waals surface area contributed by atoms with Crippen LogP contribution >= 0.6 is 25.3 Å². The average molecular weight is 505 g/mol. The van der Waals surface area contributed by atoms with Crippen LogP contribution in [0.5, 0.6) is 0 Å². The second kappa shape index (κ2) is 13.7. The molecular formula is C24H28N2O6S2. The molecule has 2 rings (SSSR count). The number of hydrogen-bond donors (Lipinski definition) is 4. The van der Waals surface area contributed by atoms with Crippen molar-refractivity contribution in [1.82, 2.24) is 10.6 Å². The number of carbonyl (C=O) groups is 4. The molecule has 0 aliphatic rings. The van der Waals surface area contributed by atoms with Gasteiger partial charge in [-0.2, -0.15) is 25.3 Å². The van der Waals surface area contributed by atoms with Gasteiger partial charge in [0.05, 0.1) is 13.2 Å². The first-order valence-corrected chi connectivity index (χ1v) is 12.0. The molecule has 34 heavy (non-hydrogen) atoms. The van der Waals surface area contributed by atoms with Gasteiger partial charge in [0.15, 0.2) is 0 Å². The number of nitrogens with one attached hydrogen (secondary N) is 2. The van der Waals surface area contributed by atoms with Crippen LogP contribution in [0.2, 0.25) is 0 Å². The third-order valence-electron chi connectivity index (χ3n) is 4.75. The normalized spacial score (nSPS) is 12.2. The van der Waals surface area contributed by atoms with Crippen molar-refractivity contribution in [3.63, 3.8) is 0 Å². The molecule has 0 spiro atoms. The molecule has 182 valence electrons. The first-order chi connectivity index (χ1) is 16.3. The number of amides is 2. The van der Waals surface area contributed by atoms with Gasteiger partial charge in [0, 0.05) is 22.6 Å². The van der Waals surface area contributed by atoms with E-state index >= 15 is 0 Å². The largest absolute Gasteiger partial charge is 0.464 e. The molecule has 0 aliphatic heterocycles. The first kappa shape index (κ1) is 27.3. The Bertz CT molecular complexity index is 914. The van der Waals surface area contributed by atoms with Crippen molar-refractivity contribution in [1.29, 1.82) is 0 Å². The molecular weight excluding hydrogens is 476 g/mol. The fraction of sp³-hybridized carbons (Fsp3) is 0.333. The molecule has 0 heterocycles. The van der Waals surface area contributed by atoms with Gasteiger partial charge < -0.3 is 20.1 Å². The van der Waals surface area contributed by atoms with E-state index in [-0.39, 0.29) is 24.7 Å². The van der Waals surface area contributed by atoms with E-state index in [1.165, 1.54) is 0 Å². The van der Waals surface area contributed by atoms with Crippen LogP contribution in [-0.2, 0) is 19.1 Å². The highest BCUT2D eigenvalue weighted by Gasteiger charge is 2.22. The zero-order valence-corrected chi connectivity index (χ0v) is 20.7. The zero-order valence-electron chi connectivity index (χ0n) is 18.9. The lowest BCUT2D eigenvalue weighted by atomic mass is 10.0. The molecule has 0 aromatic heterocycles. The predicted molar refractivity (Wildman–Crippen MR) is 135 cm³/mol. The molecule has 8 nitrogen and oxygen atoms in total. The zero-order chi connectivity index (χ0) is 25.1. The summed E-state index contributed by atoms with van der Waals surface area (Å²) in [6.07, 6.45) is 0. The van der Waals surface area contributed by atoms with Crippen LogP contribution in [-0.4, -0.2) is 60.6 Å². The second-order valence-electron chi connectivity index (χ2n) is 7.08. The Morgan fingerprint density at radius 2 is 1.00 bits per heavy atom. The van der Waals surface area contributed by atoms with E-state index in [2.05, 4.69) is 35.9 Å². The number of rotatable bonds is 11. The van der Waals surface area contributed by atoms with Crippen molar-refractivity contribution in [2.45, 2.75) is 25.9 Å². The molecule has 0 saturated carbocycles. The summed E-state index contributed by atoms with van der Waals surface area (Å²) in [5, 5.41) is 5.22. The van der Waals surface area contributed by atoms with Crippen molar-refractivity contribution in [2.75, 3.05) is 24.7 Å². The van der Waals surface area contributed by atoms with Gasteiger partial charge in [-0.3, -0.25) is 9.59 Å². The highest BCUT2D eigenvalue weighted by Crippen LogP contribution is 2.21. The molecule has 10 heteroatoms. The summed E-state index contributed by atoms with van der Waals surface area (Å²) in [5.74, 6) is -1.64. The molecule has 0 radical (unpaired) electrons. The number of hydrogen-bond acceptors (Lipinski definition) is 8. The minimum absolute atomic E-state index is 0.122. The Morgan fingerprint density at radius 1 is 0.676 bits per heavy atom. The molecule has 0 aliphatic carbocycles. The highest BCUT2D eigenvalue weighted by atomic mass is 32.1. The monoisotopic (exact) mass is 504 g/mol. The SMILES string of the molecule is CCOC(=O)C(CS)NC(=O)c1ccc(-c2ccc(C(=O)NC(CS)C(=O)OCC)cc2)cc1. The lowest BCUT2D eigenvalue weighted by Crippen LogP contribution is -2.43. The molecule has 0 fully saturated rings. The van der Waals surface area contributed by atoms with Crippen molar-refractivity contribution < 1.29 is 28.7 Å². The molecule has 2 unspecified atom stereocenters. The van der Waals surface area contributed by atoms with Crippen LogP contribution in [0.15, 0.2) is 48.5 Å². The minimum atomic E-state index is -0.833. The summed E-state index contributed by atoms with van der Waals surface area (Å²) in [4.78, 5) is 48.6. The van der Waals surface area contributed by atoms with E-state index in [9.17, 15) is 19.2 Å². The van der Waals surface area contributed by atoms with E-state index < -0.39 is 35.8 Å². The smallest absolute Gasteiger partial charge is 0.329 e. The summed E-state index contributed by atoms with van der Waals surface area (Å²) in [6.45, 7) is 3.81. The van der Waals surface area contributed by atoms with Gasteiger partial charge in [-0.15, -0.1) is 0 Å². The van der Waals surface area contributed by atoms with E-state index in [0.29, 0.717) is 11.1 Å². The molecule has 2 N–H and O–H groups in total. The van der Waals surface area contributed by atoms with Gasteiger partial charge in [-0.1, -0.05) is 24.3 Å². The maximum Gasteiger partial charge on any atom is 0.329 e. The van der Waals surface area contributed by atoms with Crippen LogP contribution in [0.3, 0.4) is 0 Å². The lowest BCUT2D eigenvalue weighted by Gasteiger charge is -2.15. The van der Waals surface area contributed by atoms with Crippen molar-refractivity contribution in [2.24, 2.45) is 0 Å². The fourth-order valence-corrected chi connectivity index (χ4v) is 3.44. The molecule has 0 bridgehead atoms. The number of esters is 2. The Hall–Kier alpha value is -2.98. The van der Waals surface area contributed by atoms with E-state index in [1.807, 2.05) is 0 Å². The number of ether oxygens (including phenoxy) is 2. The summed E-state index contributed by atoms with van der Waals surface area (Å²) < 4.78 is 9.85. The highest BCUT2D eigenvalue weighted by molar-refractivity contribution is 7.80. The van der Waals surface area contributed by atoms with E-state index in [4.69, 9.17) is 9.47 Å². The third kappa shape index (κ3) is 7.53. The van der Waals surface area contributed by atoms with Gasteiger partial charge in [-0.25, -0.2) is 9.59 Å². The van der Waals surface area contributed by atoms with Gasteiger partial charge in [-0.05, 0) is 49.2 Å². The van der Waals surface area contributed by atoms with Gasteiger partial charge in [0.1, 0.15) is 12.1 Å². The minimum Gasteiger partial charge on any atom is -0.464 e. The van der Waals surface area contributed by atoms with Crippen LogP contribution < -0.4 is 10.6 Å². The number of carbonyl (C=O) groups excluding carboxylic acids is 4. The Morgan fingerprint density at radius 3 is 1.26 bits per heavy atom. The fourth-order valence-electron chi connectivity index (χ4n) is 2.96. The Labute approximate surface area is 209 Å². The topological polar surface area (TPSA) is 111 Å². The summed E-state index contributed by atoms with van der Waals surface area (Å²) in [7, 11) is 0. The van der Waals surface area contributed by atoms with Gasteiger partial charge >= 0.3 is 11.9 Å².